The first kappa shape index (κ1) is 11.5. The Balaban J connectivity index is 2.50. The fourth-order valence-electron chi connectivity index (χ4n) is 1.28. The molecule has 0 spiro atoms. The maximum Gasteiger partial charge on any atom is 0.130 e. The van der Waals surface area contributed by atoms with Gasteiger partial charge >= 0.3 is 0 Å². The maximum absolute atomic E-state index is 8.81. The number of hydrogen-bond donors (Lipinski definition) is 1. The molecule has 1 rings (SSSR count). The molecule has 0 radical (unpaired) electrons. The molecule has 1 unspecified atom stereocenters. The fourth-order valence-corrected chi connectivity index (χ4v) is 1.28. The third-order valence-corrected chi connectivity index (χ3v) is 2.11. The van der Waals surface area contributed by atoms with Crippen LogP contribution in [0.3, 0.4) is 0 Å². The summed E-state index contributed by atoms with van der Waals surface area (Å²) in [5, 5.41) is 11.8. The van der Waals surface area contributed by atoms with Gasteiger partial charge in [-0.25, -0.2) is 0 Å². The van der Waals surface area contributed by atoms with Crippen LogP contribution in [-0.2, 0) is 0 Å². The van der Waals surface area contributed by atoms with E-state index in [4.69, 9.17) is 10.00 Å². The van der Waals surface area contributed by atoms with E-state index in [1.807, 2.05) is 38.1 Å². The average Bonchev–Trinajstić information content (AvgIpc) is 2.26. The standard InChI is InChI=1S/C12H16N2O/c1-3-14-11(8-13)9-15-12-7-5-4-6-10(12)2/h4-7,11,14H,3,9H2,1-2H3. The summed E-state index contributed by atoms with van der Waals surface area (Å²) < 4.78 is 5.56. The summed E-state index contributed by atoms with van der Waals surface area (Å²) in [5.74, 6) is 0.843. The van der Waals surface area contributed by atoms with Gasteiger partial charge in [-0.2, -0.15) is 5.26 Å². The van der Waals surface area contributed by atoms with Crippen molar-refractivity contribution >= 4 is 0 Å². The predicted octanol–water partition coefficient (Wildman–Crippen LogP) is 1.88. The SMILES string of the molecule is CCNC(C#N)COc1ccccc1C. The molecule has 0 aliphatic carbocycles. The Hall–Kier alpha value is -1.53. The van der Waals surface area contributed by atoms with Gasteiger partial charge in [0.15, 0.2) is 0 Å². The molecule has 15 heavy (non-hydrogen) atoms. The molecule has 0 aromatic heterocycles. The normalized spacial score (nSPS) is 11.8. The van der Waals surface area contributed by atoms with Gasteiger partial charge in [-0.15, -0.1) is 0 Å². The Labute approximate surface area is 90.7 Å². The average molecular weight is 204 g/mol. The van der Waals surface area contributed by atoms with E-state index in [1.165, 1.54) is 0 Å². The second-order valence-corrected chi connectivity index (χ2v) is 3.32. The number of nitriles is 1. The van der Waals surface area contributed by atoms with E-state index < -0.39 is 0 Å². The Morgan fingerprint density at radius 1 is 1.47 bits per heavy atom. The molecular formula is C12H16N2O. The van der Waals surface area contributed by atoms with Gasteiger partial charge in [0, 0.05) is 0 Å². The van der Waals surface area contributed by atoms with Crippen molar-refractivity contribution in [1.82, 2.24) is 5.32 Å². The van der Waals surface area contributed by atoms with Crippen molar-refractivity contribution < 1.29 is 4.74 Å². The maximum atomic E-state index is 8.81. The largest absolute Gasteiger partial charge is 0.491 e. The van der Waals surface area contributed by atoms with E-state index in [2.05, 4.69) is 11.4 Å². The summed E-state index contributed by atoms with van der Waals surface area (Å²) in [6.45, 7) is 5.12. The van der Waals surface area contributed by atoms with Crippen LogP contribution in [0, 0.1) is 18.3 Å². The minimum absolute atomic E-state index is 0.241. The van der Waals surface area contributed by atoms with E-state index in [-0.39, 0.29) is 6.04 Å². The third-order valence-electron chi connectivity index (χ3n) is 2.11. The van der Waals surface area contributed by atoms with Gasteiger partial charge in [0.25, 0.3) is 0 Å². The molecule has 3 nitrogen and oxygen atoms in total. The van der Waals surface area contributed by atoms with Crippen molar-refractivity contribution in [3.8, 4) is 11.8 Å². The summed E-state index contributed by atoms with van der Waals surface area (Å²) in [4.78, 5) is 0. The van der Waals surface area contributed by atoms with Crippen LogP contribution in [0.15, 0.2) is 24.3 Å². The minimum atomic E-state index is -0.241. The highest BCUT2D eigenvalue weighted by Gasteiger charge is 2.06. The van der Waals surface area contributed by atoms with E-state index >= 15 is 0 Å². The van der Waals surface area contributed by atoms with Gasteiger partial charge in [0.2, 0.25) is 0 Å². The van der Waals surface area contributed by atoms with E-state index in [1.54, 1.807) is 0 Å². The number of nitrogens with one attached hydrogen (secondary N) is 1. The van der Waals surface area contributed by atoms with Crippen molar-refractivity contribution in [2.24, 2.45) is 0 Å². The molecule has 80 valence electrons. The zero-order valence-electron chi connectivity index (χ0n) is 9.16. The highest BCUT2D eigenvalue weighted by Crippen LogP contribution is 2.15. The van der Waals surface area contributed by atoms with Crippen LogP contribution >= 0.6 is 0 Å². The van der Waals surface area contributed by atoms with Gasteiger partial charge in [-0.1, -0.05) is 25.1 Å². The van der Waals surface area contributed by atoms with Gasteiger partial charge in [0.1, 0.15) is 18.4 Å². The summed E-state index contributed by atoms with van der Waals surface area (Å²) in [6.07, 6.45) is 0. The van der Waals surface area contributed by atoms with Crippen LogP contribution in [0.1, 0.15) is 12.5 Å². The first-order valence-electron chi connectivity index (χ1n) is 5.09. The lowest BCUT2D eigenvalue weighted by Gasteiger charge is -2.12. The Morgan fingerprint density at radius 2 is 2.20 bits per heavy atom. The molecule has 3 heteroatoms. The number of benzene rings is 1. The van der Waals surface area contributed by atoms with Crippen molar-refractivity contribution in [2.45, 2.75) is 19.9 Å². The number of para-hydroxylation sites is 1. The number of nitrogens with zero attached hydrogens (tertiary/aromatic N) is 1. The lowest BCUT2D eigenvalue weighted by Crippen LogP contribution is -2.33. The quantitative estimate of drug-likeness (QED) is 0.796. The van der Waals surface area contributed by atoms with Gasteiger partial charge < -0.3 is 4.74 Å². The van der Waals surface area contributed by atoms with Crippen LogP contribution in [-0.4, -0.2) is 19.2 Å². The highest BCUT2D eigenvalue weighted by atomic mass is 16.5. The molecule has 0 fully saturated rings. The van der Waals surface area contributed by atoms with Crippen molar-refractivity contribution in [3.63, 3.8) is 0 Å². The van der Waals surface area contributed by atoms with Crippen LogP contribution in [0.4, 0.5) is 0 Å². The van der Waals surface area contributed by atoms with Gasteiger partial charge in [-0.05, 0) is 25.1 Å². The van der Waals surface area contributed by atoms with Gasteiger partial charge in [0.05, 0.1) is 6.07 Å². The van der Waals surface area contributed by atoms with Gasteiger partial charge in [-0.3, -0.25) is 5.32 Å². The number of aryl methyl sites for hydroxylation is 1. The summed E-state index contributed by atoms with van der Waals surface area (Å²) in [5.41, 5.74) is 1.09. The van der Waals surface area contributed by atoms with Crippen molar-refractivity contribution in [3.05, 3.63) is 29.8 Å². The van der Waals surface area contributed by atoms with E-state index in [0.29, 0.717) is 6.61 Å². The van der Waals surface area contributed by atoms with E-state index in [9.17, 15) is 0 Å². The lowest BCUT2D eigenvalue weighted by molar-refractivity contribution is 0.289. The second kappa shape index (κ2) is 6.05. The first-order chi connectivity index (χ1) is 7.27. The lowest BCUT2D eigenvalue weighted by atomic mass is 10.2. The second-order valence-electron chi connectivity index (χ2n) is 3.32. The van der Waals surface area contributed by atoms with E-state index in [0.717, 1.165) is 17.9 Å². The molecule has 1 aromatic carbocycles. The first-order valence-corrected chi connectivity index (χ1v) is 5.09. The summed E-state index contributed by atoms with van der Waals surface area (Å²) in [6, 6.07) is 9.71. The topological polar surface area (TPSA) is 45.0 Å². The number of rotatable bonds is 5. The molecule has 0 heterocycles. The zero-order valence-corrected chi connectivity index (χ0v) is 9.16. The minimum Gasteiger partial charge on any atom is -0.491 e. The predicted molar refractivity (Wildman–Crippen MR) is 59.8 cm³/mol. The zero-order chi connectivity index (χ0) is 11.1. The Morgan fingerprint density at radius 3 is 2.80 bits per heavy atom. The number of likely N-dealkylation sites (N-methyl/N-ethyl adjacent to an activating group) is 1. The monoisotopic (exact) mass is 204 g/mol. The summed E-state index contributed by atoms with van der Waals surface area (Å²) in [7, 11) is 0. The molecule has 0 aliphatic rings. The number of ether oxygens (including phenoxy) is 1. The molecule has 0 saturated carbocycles. The molecule has 0 bridgehead atoms. The molecule has 0 aliphatic heterocycles. The van der Waals surface area contributed by atoms with Crippen LogP contribution in [0.2, 0.25) is 0 Å². The molecule has 1 atom stereocenters. The third kappa shape index (κ3) is 3.61. The molecule has 1 aromatic rings. The molecule has 0 saturated heterocycles. The Kier molecular flexibility index (Phi) is 4.65. The smallest absolute Gasteiger partial charge is 0.130 e. The summed E-state index contributed by atoms with van der Waals surface area (Å²) >= 11 is 0. The van der Waals surface area contributed by atoms with Crippen molar-refractivity contribution in [1.29, 1.82) is 5.26 Å². The molecule has 1 N–H and O–H groups in total. The fraction of sp³-hybridized carbons (Fsp3) is 0.417. The molecule has 0 amide bonds. The van der Waals surface area contributed by atoms with Crippen molar-refractivity contribution in [2.75, 3.05) is 13.2 Å². The highest BCUT2D eigenvalue weighted by molar-refractivity contribution is 5.31. The number of hydrogen-bond acceptors (Lipinski definition) is 3. The molecular weight excluding hydrogens is 188 g/mol. The Bertz CT molecular complexity index is 344. The van der Waals surface area contributed by atoms with Crippen LogP contribution in [0.25, 0.3) is 0 Å². The van der Waals surface area contributed by atoms with Crippen LogP contribution in [0.5, 0.6) is 5.75 Å². The van der Waals surface area contributed by atoms with Crippen LogP contribution < -0.4 is 10.1 Å².